The molecule has 0 aromatic rings. The van der Waals surface area contributed by atoms with E-state index >= 15 is 0 Å². The molecule has 0 saturated carbocycles. The van der Waals surface area contributed by atoms with Crippen LogP contribution in [0.4, 0.5) is 0 Å². The van der Waals surface area contributed by atoms with Crippen LogP contribution < -0.4 is 0 Å². The monoisotopic (exact) mass is 132 g/mol. The van der Waals surface area contributed by atoms with Gasteiger partial charge in [-0.25, -0.2) is 0 Å². The fraction of sp³-hybridized carbons (Fsp3) is 0.800. The predicted octanol–water partition coefficient (Wildman–Crippen LogP) is -1.34. The molecule has 4 heteroatoms. The van der Waals surface area contributed by atoms with E-state index in [-0.39, 0.29) is 6.61 Å². The minimum Gasteiger partial charge on any atom is -0.380 e. The third kappa shape index (κ3) is 0.962. The molecule has 1 saturated heterocycles. The smallest absolute Gasteiger partial charge is 0.196 e. The van der Waals surface area contributed by atoms with E-state index in [1.807, 2.05) is 0 Å². The van der Waals surface area contributed by atoms with E-state index in [1.165, 1.54) is 6.92 Å². The average Bonchev–Trinajstić information content (AvgIpc) is 1.97. The third-order valence-electron chi connectivity index (χ3n) is 1.32. The van der Waals surface area contributed by atoms with Crippen LogP contribution in [0.25, 0.3) is 0 Å². The van der Waals surface area contributed by atoms with Crippen molar-refractivity contribution in [1.29, 1.82) is 0 Å². The Hall–Kier alpha value is -0.450. The van der Waals surface area contributed by atoms with Crippen LogP contribution in [0.3, 0.4) is 0 Å². The van der Waals surface area contributed by atoms with Gasteiger partial charge in [0.1, 0.15) is 6.61 Å². The number of hydrogen-bond acceptors (Lipinski definition) is 4. The van der Waals surface area contributed by atoms with Crippen molar-refractivity contribution in [2.45, 2.75) is 18.8 Å². The van der Waals surface area contributed by atoms with E-state index in [2.05, 4.69) is 4.74 Å². The van der Waals surface area contributed by atoms with E-state index < -0.39 is 17.7 Å². The molecule has 4 nitrogen and oxygen atoms in total. The molecule has 52 valence electrons. The van der Waals surface area contributed by atoms with Crippen molar-refractivity contribution in [3.63, 3.8) is 0 Å². The quantitative estimate of drug-likeness (QED) is 0.428. The number of carbonyl (C=O) groups excluding carboxylic acids is 1. The normalized spacial score (nSPS) is 43.9. The highest BCUT2D eigenvalue weighted by molar-refractivity contribution is 5.86. The summed E-state index contributed by atoms with van der Waals surface area (Å²) < 4.78 is 4.52. The van der Waals surface area contributed by atoms with E-state index in [4.69, 9.17) is 10.2 Å². The Morgan fingerprint density at radius 2 is 2.44 bits per heavy atom. The van der Waals surface area contributed by atoms with E-state index in [9.17, 15) is 4.79 Å². The first kappa shape index (κ1) is 6.67. The van der Waals surface area contributed by atoms with Gasteiger partial charge in [-0.15, -0.1) is 0 Å². The van der Waals surface area contributed by atoms with Crippen molar-refractivity contribution in [2.75, 3.05) is 6.61 Å². The Morgan fingerprint density at radius 1 is 1.89 bits per heavy atom. The van der Waals surface area contributed by atoms with Gasteiger partial charge in [0.05, 0.1) is 0 Å². The highest BCUT2D eigenvalue weighted by atomic mass is 16.6. The lowest BCUT2D eigenvalue weighted by Gasteiger charge is -2.17. The van der Waals surface area contributed by atoms with Crippen LogP contribution >= 0.6 is 0 Å². The molecular formula is C5H8O4. The summed E-state index contributed by atoms with van der Waals surface area (Å²) in [5.74, 6) is -2.14. The van der Waals surface area contributed by atoms with Crippen LogP contribution in [0.1, 0.15) is 6.92 Å². The van der Waals surface area contributed by atoms with Crippen LogP contribution in [0.5, 0.6) is 0 Å². The number of aliphatic hydroxyl groups excluding tert-OH is 1. The van der Waals surface area contributed by atoms with Gasteiger partial charge in [0.25, 0.3) is 0 Å². The second kappa shape index (κ2) is 1.76. The Morgan fingerprint density at radius 3 is 2.56 bits per heavy atom. The zero-order chi connectivity index (χ0) is 7.07. The second-order valence-corrected chi connectivity index (χ2v) is 2.21. The maximum atomic E-state index is 10.5. The molecule has 9 heavy (non-hydrogen) atoms. The van der Waals surface area contributed by atoms with Crippen molar-refractivity contribution in [3.05, 3.63) is 0 Å². The van der Waals surface area contributed by atoms with Crippen molar-refractivity contribution >= 4 is 5.78 Å². The molecule has 2 atom stereocenters. The van der Waals surface area contributed by atoms with E-state index in [0.717, 1.165) is 0 Å². The number of carbonyl (C=O) groups is 1. The molecule has 0 amide bonds. The Balaban J connectivity index is 2.73. The largest absolute Gasteiger partial charge is 0.380 e. The number of rotatable bonds is 0. The molecule has 0 aromatic heterocycles. The lowest BCUT2D eigenvalue weighted by Crippen LogP contribution is -2.38. The number of ether oxygens (including phenoxy) is 1. The summed E-state index contributed by atoms with van der Waals surface area (Å²) in [5.41, 5.74) is 0. The Labute approximate surface area is 52.1 Å². The van der Waals surface area contributed by atoms with Crippen molar-refractivity contribution in [3.8, 4) is 0 Å². The zero-order valence-corrected chi connectivity index (χ0v) is 5.00. The molecular weight excluding hydrogens is 124 g/mol. The maximum absolute atomic E-state index is 10.5. The summed E-state index contributed by atoms with van der Waals surface area (Å²) in [5, 5.41) is 17.7. The van der Waals surface area contributed by atoms with Crippen molar-refractivity contribution in [1.82, 2.24) is 0 Å². The van der Waals surface area contributed by atoms with E-state index in [0.29, 0.717) is 0 Å². The fourth-order valence-corrected chi connectivity index (χ4v) is 0.674. The molecule has 2 N–H and O–H groups in total. The summed E-state index contributed by atoms with van der Waals surface area (Å²) in [6.07, 6.45) is -1.38. The highest BCUT2D eigenvalue weighted by Gasteiger charge is 2.43. The summed E-state index contributed by atoms with van der Waals surface area (Å²) in [4.78, 5) is 10.5. The average molecular weight is 132 g/mol. The van der Waals surface area contributed by atoms with Gasteiger partial charge in [-0.1, -0.05) is 0 Å². The topological polar surface area (TPSA) is 66.8 Å². The van der Waals surface area contributed by atoms with Crippen molar-refractivity contribution in [2.24, 2.45) is 0 Å². The molecule has 0 aliphatic carbocycles. The third-order valence-corrected chi connectivity index (χ3v) is 1.32. The molecule has 0 radical (unpaired) electrons. The molecule has 0 aromatic carbocycles. The molecule has 0 spiro atoms. The summed E-state index contributed by atoms with van der Waals surface area (Å²) in [6.45, 7) is 1.05. The highest BCUT2D eigenvalue weighted by Crippen LogP contribution is 2.19. The fourth-order valence-electron chi connectivity index (χ4n) is 0.674. The van der Waals surface area contributed by atoms with Gasteiger partial charge in [0.15, 0.2) is 17.7 Å². The minimum absolute atomic E-state index is 0.200. The van der Waals surface area contributed by atoms with Crippen LogP contribution in [0, 0.1) is 0 Å². The number of hydrogen-bond donors (Lipinski definition) is 2. The summed E-state index contributed by atoms with van der Waals surface area (Å²) >= 11 is 0. The molecule has 1 unspecified atom stereocenters. The molecule has 1 aliphatic rings. The zero-order valence-electron chi connectivity index (χ0n) is 5.00. The maximum Gasteiger partial charge on any atom is 0.196 e. The van der Waals surface area contributed by atoms with Crippen LogP contribution in [-0.4, -0.2) is 34.5 Å². The first-order chi connectivity index (χ1) is 4.04. The standard InChI is InChI=1S/C5H8O4/c1-5(8)4(7)3(6)2-9-5/h4,7-8H,2H2,1H3/t4?,5-/m0/s1. The number of ketones is 1. The first-order valence-corrected chi connectivity index (χ1v) is 2.61. The second-order valence-electron chi connectivity index (χ2n) is 2.21. The SMILES string of the molecule is C[C@]1(O)OCC(=O)C1O. The summed E-state index contributed by atoms with van der Waals surface area (Å²) in [6, 6.07) is 0. The number of aliphatic hydroxyl groups is 2. The van der Waals surface area contributed by atoms with Crippen LogP contribution in [0.2, 0.25) is 0 Å². The molecule has 0 bridgehead atoms. The predicted molar refractivity (Wildman–Crippen MR) is 27.6 cm³/mol. The Kier molecular flexibility index (Phi) is 1.31. The van der Waals surface area contributed by atoms with E-state index in [1.54, 1.807) is 0 Å². The van der Waals surface area contributed by atoms with Gasteiger partial charge in [-0.2, -0.15) is 0 Å². The van der Waals surface area contributed by atoms with Gasteiger partial charge < -0.3 is 14.9 Å². The van der Waals surface area contributed by atoms with Gasteiger partial charge >= 0.3 is 0 Å². The summed E-state index contributed by atoms with van der Waals surface area (Å²) in [7, 11) is 0. The molecule has 1 fully saturated rings. The molecule has 1 rings (SSSR count). The lowest BCUT2D eigenvalue weighted by molar-refractivity contribution is -0.198. The molecule has 1 aliphatic heterocycles. The number of Topliss-reactive ketones (excluding diaryl/α,β-unsaturated/α-hetero) is 1. The molecule has 1 heterocycles. The van der Waals surface area contributed by atoms with Gasteiger partial charge in [-0.05, 0) is 6.92 Å². The van der Waals surface area contributed by atoms with Gasteiger partial charge in [0, 0.05) is 0 Å². The first-order valence-electron chi connectivity index (χ1n) is 2.61. The van der Waals surface area contributed by atoms with Crippen LogP contribution in [0.15, 0.2) is 0 Å². The van der Waals surface area contributed by atoms with Gasteiger partial charge in [-0.3, -0.25) is 4.79 Å². The lowest BCUT2D eigenvalue weighted by atomic mass is 10.1. The minimum atomic E-state index is -1.67. The Bertz CT molecular complexity index is 140. The van der Waals surface area contributed by atoms with Crippen molar-refractivity contribution < 1.29 is 19.7 Å². The van der Waals surface area contributed by atoms with Crippen LogP contribution in [-0.2, 0) is 9.53 Å². The van der Waals surface area contributed by atoms with Gasteiger partial charge in [0.2, 0.25) is 0 Å².